The molecule has 64 valence electrons. The van der Waals surface area contributed by atoms with Crippen molar-refractivity contribution in [2.24, 2.45) is 0 Å². The summed E-state index contributed by atoms with van der Waals surface area (Å²) in [6.45, 7) is 5.85. The molecular weight excluding hydrogens is 158 g/mol. The maximum absolute atomic E-state index is 8.58. The fraction of sp³-hybridized carbons (Fsp3) is 0.0833. The second kappa shape index (κ2) is 4.27. The first-order valence-corrected chi connectivity index (χ1v) is 4.10. The van der Waals surface area contributed by atoms with Crippen molar-refractivity contribution in [1.82, 2.24) is 0 Å². The van der Waals surface area contributed by atoms with Crippen molar-refractivity contribution in [2.45, 2.75) is 6.92 Å². The Bertz CT molecular complexity index is 363. The van der Waals surface area contributed by atoms with Crippen LogP contribution in [0.5, 0.6) is 0 Å². The van der Waals surface area contributed by atoms with Crippen LogP contribution in [0.3, 0.4) is 0 Å². The first kappa shape index (κ1) is 9.28. The van der Waals surface area contributed by atoms with Gasteiger partial charge in [-0.25, -0.2) is 0 Å². The second-order valence-corrected chi connectivity index (χ2v) is 2.71. The number of nitriles is 1. The Kier molecular flexibility index (Phi) is 3.05. The molecule has 0 unspecified atom stereocenters. The Morgan fingerprint density at radius 2 is 2.00 bits per heavy atom. The van der Waals surface area contributed by atoms with E-state index in [1.165, 1.54) is 0 Å². The Morgan fingerprint density at radius 1 is 1.38 bits per heavy atom. The van der Waals surface area contributed by atoms with Gasteiger partial charge in [0.25, 0.3) is 0 Å². The molecule has 1 rings (SSSR count). The Labute approximate surface area is 78.6 Å². The number of allylic oxidation sites excluding steroid dienone is 3. The molecule has 0 bridgehead atoms. The maximum atomic E-state index is 8.58. The van der Waals surface area contributed by atoms with E-state index >= 15 is 0 Å². The molecule has 0 radical (unpaired) electrons. The Morgan fingerprint density at radius 3 is 2.46 bits per heavy atom. The summed E-state index contributed by atoms with van der Waals surface area (Å²) >= 11 is 0. The van der Waals surface area contributed by atoms with E-state index in [1.54, 1.807) is 12.1 Å². The lowest BCUT2D eigenvalue weighted by molar-refractivity contribution is 1.48. The average molecular weight is 169 g/mol. The van der Waals surface area contributed by atoms with Gasteiger partial charge in [0.2, 0.25) is 0 Å². The number of hydrogen-bond donors (Lipinski definition) is 0. The van der Waals surface area contributed by atoms with E-state index in [9.17, 15) is 0 Å². The lowest BCUT2D eigenvalue weighted by atomic mass is 10.1. The Balaban J connectivity index is 2.94. The van der Waals surface area contributed by atoms with Crippen LogP contribution >= 0.6 is 0 Å². The SMILES string of the molecule is C=C(/C=C\C)c1ccc(C#N)cc1. The predicted octanol–water partition coefficient (Wildman–Crippen LogP) is 3.15. The van der Waals surface area contributed by atoms with Gasteiger partial charge in [-0.3, -0.25) is 0 Å². The lowest BCUT2D eigenvalue weighted by Gasteiger charge is -1.99. The highest BCUT2D eigenvalue weighted by Crippen LogP contribution is 2.13. The fourth-order valence-corrected chi connectivity index (χ4v) is 1.06. The summed E-state index contributed by atoms with van der Waals surface area (Å²) in [6, 6.07) is 9.48. The molecule has 0 atom stereocenters. The number of hydrogen-bond acceptors (Lipinski definition) is 1. The zero-order valence-electron chi connectivity index (χ0n) is 7.62. The van der Waals surface area contributed by atoms with Crippen molar-refractivity contribution in [3.8, 4) is 6.07 Å². The van der Waals surface area contributed by atoms with Crippen molar-refractivity contribution in [1.29, 1.82) is 5.26 Å². The third-order valence-corrected chi connectivity index (χ3v) is 1.75. The molecule has 0 spiro atoms. The van der Waals surface area contributed by atoms with Crippen molar-refractivity contribution >= 4 is 5.57 Å². The normalized spacial score (nSPS) is 9.85. The number of nitrogens with zero attached hydrogens (tertiary/aromatic N) is 1. The van der Waals surface area contributed by atoms with Gasteiger partial charge in [0, 0.05) is 0 Å². The monoisotopic (exact) mass is 169 g/mol. The van der Waals surface area contributed by atoms with Gasteiger partial charge in [-0.2, -0.15) is 5.26 Å². The molecule has 0 aromatic heterocycles. The van der Waals surface area contributed by atoms with Gasteiger partial charge < -0.3 is 0 Å². The summed E-state index contributed by atoms with van der Waals surface area (Å²) < 4.78 is 0. The van der Waals surface area contributed by atoms with E-state index in [2.05, 4.69) is 12.6 Å². The number of benzene rings is 1. The molecule has 0 saturated carbocycles. The van der Waals surface area contributed by atoms with E-state index < -0.39 is 0 Å². The predicted molar refractivity (Wildman–Crippen MR) is 55.0 cm³/mol. The summed E-state index contributed by atoms with van der Waals surface area (Å²) in [7, 11) is 0. The molecule has 0 aliphatic carbocycles. The van der Waals surface area contributed by atoms with E-state index in [0.29, 0.717) is 5.56 Å². The summed E-state index contributed by atoms with van der Waals surface area (Å²) in [4.78, 5) is 0. The lowest BCUT2D eigenvalue weighted by Crippen LogP contribution is -1.79. The fourth-order valence-electron chi connectivity index (χ4n) is 1.06. The average Bonchev–Trinajstić information content (AvgIpc) is 2.18. The molecule has 1 nitrogen and oxygen atoms in total. The van der Waals surface area contributed by atoms with Gasteiger partial charge in [0.05, 0.1) is 11.6 Å². The van der Waals surface area contributed by atoms with E-state index in [-0.39, 0.29) is 0 Å². The van der Waals surface area contributed by atoms with Crippen LogP contribution in [-0.2, 0) is 0 Å². The molecule has 1 aromatic carbocycles. The first-order valence-electron chi connectivity index (χ1n) is 4.10. The highest BCUT2D eigenvalue weighted by molar-refractivity contribution is 5.72. The standard InChI is InChI=1S/C12H11N/c1-3-4-10(2)12-7-5-11(9-13)6-8-12/h3-8H,2H2,1H3/b4-3-. The molecule has 0 heterocycles. The van der Waals surface area contributed by atoms with Gasteiger partial charge in [-0.15, -0.1) is 0 Å². The van der Waals surface area contributed by atoms with Crippen molar-refractivity contribution in [3.63, 3.8) is 0 Å². The molecule has 13 heavy (non-hydrogen) atoms. The maximum Gasteiger partial charge on any atom is 0.0991 e. The molecular formula is C12H11N. The van der Waals surface area contributed by atoms with Crippen molar-refractivity contribution < 1.29 is 0 Å². The van der Waals surface area contributed by atoms with Crippen molar-refractivity contribution in [3.05, 3.63) is 54.1 Å². The minimum atomic E-state index is 0.678. The van der Waals surface area contributed by atoms with E-state index in [0.717, 1.165) is 11.1 Å². The topological polar surface area (TPSA) is 23.8 Å². The van der Waals surface area contributed by atoms with Gasteiger partial charge in [-0.05, 0) is 30.2 Å². The smallest absolute Gasteiger partial charge is 0.0991 e. The van der Waals surface area contributed by atoms with Gasteiger partial charge in [-0.1, -0.05) is 30.9 Å². The van der Waals surface area contributed by atoms with Crippen LogP contribution in [0.2, 0.25) is 0 Å². The summed E-state index contributed by atoms with van der Waals surface area (Å²) in [5, 5.41) is 8.58. The number of rotatable bonds is 2. The molecule has 0 aliphatic rings. The minimum absolute atomic E-state index is 0.678. The minimum Gasteiger partial charge on any atom is -0.192 e. The second-order valence-electron chi connectivity index (χ2n) is 2.71. The highest BCUT2D eigenvalue weighted by Gasteiger charge is 1.94. The summed E-state index contributed by atoms with van der Waals surface area (Å²) in [5.74, 6) is 0. The van der Waals surface area contributed by atoms with Crippen LogP contribution < -0.4 is 0 Å². The van der Waals surface area contributed by atoms with Gasteiger partial charge >= 0.3 is 0 Å². The largest absolute Gasteiger partial charge is 0.192 e. The van der Waals surface area contributed by atoms with E-state index in [1.807, 2.05) is 31.2 Å². The Hall–Kier alpha value is -1.81. The third kappa shape index (κ3) is 2.31. The van der Waals surface area contributed by atoms with Gasteiger partial charge in [0.15, 0.2) is 0 Å². The van der Waals surface area contributed by atoms with Crippen LogP contribution in [-0.4, -0.2) is 0 Å². The molecule has 0 saturated heterocycles. The van der Waals surface area contributed by atoms with Crippen LogP contribution in [0.25, 0.3) is 5.57 Å². The molecule has 1 aromatic rings. The van der Waals surface area contributed by atoms with Crippen LogP contribution in [0, 0.1) is 11.3 Å². The summed E-state index contributed by atoms with van der Waals surface area (Å²) in [6.07, 6.45) is 3.89. The first-order chi connectivity index (χ1) is 6.27. The van der Waals surface area contributed by atoms with Gasteiger partial charge in [0.1, 0.15) is 0 Å². The van der Waals surface area contributed by atoms with Crippen LogP contribution in [0.4, 0.5) is 0 Å². The van der Waals surface area contributed by atoms with Crippen LogP contribution in [0.1, 0.15) is 18.1 Å². The zero-order chi connectivity index (χ0) is 9.68. The van der Waals surface area contributed by atoms with E-state index in [4.69, 9.17) is 5.26 Å². The molecule has 1 heteroatoms. The zero-order valence-corrected chi connectivity index (χ0v) is 7.62. The molecule has 0 N–H and O–H groups in total. The molecule has 0 fully saturated rings. The summed E-state index contributed by atoms with van der Waals surface area (Å²) in [5.41, 5.74) is 2.70. The van der Waals surface area contributed by atoms with Crippen molar-refractivity contribution in [2.75, 3.05) is 0 Å². The highest BCUT2D eigenvalue weighted by atomic mass is 14.2. The van der Waals surface area contributed by atoms with Crippen LogP contribution in [0.15, 0.2) is 43.0 Å². The third-order valence-electron chi connectivity index (χ3n) is 1.75. The molecule has 0 amide bonds. The quantitative estimate of drug-likeness (QED) is 0.624. The molecule has 0 aliphatic heterocycles.